The summed E-state index contributed by atoms with van der Waals surface area (Å²) in [5, 5.41) is 4.74. The Kier molecular flexibility index (Phi) is 2.53. The van der Waals surface area contributed by atoms with Crippen LogP contribution in [-0.2, 0) is 0 Å². The highest BCUT2D eigenvalue weighted by Crippen LogP contribution is 2.38. The van der Waals surface area contributed by atoms with Crippen molar-refractivity contribution in [1.82, 2.24) is 15.3 Å². The highest BCUT2D eigenvalue weighted by molar-refractivity contribution is 7.18. The molecule has 2 saturated heterocycles. The third-order valence-corrected chi connectivity index (χ3v) is 5.60. The number of fused-ring (bicyclic) bond motifs is 2. The Balaban J connectivity index is 1.78. The normalized spacial score (nSPS) is 30.2. The monoisotopic (exact) mass is 274 g/mol. The number of nitrogens with one attached hydrogen (secondary N) is 1. The molecule has 0 saturated carbocycles. The van der Waals surface area contributed by atoms with E-state index in [0.717, 1.165) is 42.1 Å². The lowest BCUT2D eigenvalue weighted by atomic mass is 9.95. The number of hydrogen-bond donors (Lipinski definition) is 1. The van der Waals surface area contributed by atoms with E-state index in [0.29, 0.717) is 6.04 Å². The standard InChI is InChI=1S/C14H18N4S/c1-8-3-11-13(16-7-17-14(11)19-8)18-6-10-4-15-5-12(10)9(18)2/h3,7,9-10,12,15H,4-6H2,1-2H3. The maximum absolute atomic E-state index is 4.58. The molecule has 100 valence electrons. The zero-order valence-corrected chi connectivity index (χ0v) is 12.1. The van der Waals surface area contributed by atoms with Crippen LogP contribution in [0.15, 0.2) is 12.4 Å². The Morgan fingerprint density at radius 3 is 3.11 bits per heavy atom. The highest BCUT2D eigenvalue weighted by Gasteiger charge is 2.42. The molecule has 2 aliphatic rings. The molecule has 0 amide bonds. The minimum Gasteiger partial charge on any atom is -0.353 e. The molecule has 3 atom stereocenters. The fraction of sp³-hybridized carbons (Fsp3) is 0.571. The largest absolute Gasteiger partial charge is 0.353 e. The van der Waals surface area contributed by atoms with Gasteiger partial charge in [0, 0.05) is 30.6 Å². The van der Waals surface area contributed by atoms with E-state index in [-0.39, 0.29) is 0 Å². The number of thiophene rings is 1. The summed E-state index contributed by atoms with van der Waals surface area (Å²) in [6.07, 6.45) is 1.71. The van der Waals surface area contributed by atoms with Crippen LogP contribution in [0.25, 0.3) is 10.2 Å². The van der Waals surface area contributed by atoms with Crippen LogP contribution < -0.4 is 10.2 Å². The minimum atomic E-state index is 0.568. The summed E-state index contributed by atoms with van der Waals surface area (Å²) in [5.74, 6) is 2.68. The molecular weight excluding hydrogens is 256 g/mol. The lowest BCUT2D eigenvalue weighted by molar-refractivity contribution is 0.471. The summed E-state index contributed by atoms with van der Waals surface area (Å²) >= 11 is 1.76. The Morgan fingerprint density at radius 2 is 2.26 bits per heavy atom. The lowest BCUT2D eigenvalue weighted by Crippen LogP contribution is -2.33. The first kappa shape index (κ1) is 11.6. The van der Waals surface area contributed by atoms with E-state index in [2.05, 4.69) is 40.1 Å². The van der Waals surface area contributed by atoms with E-state index in [4.69, 9.17) is 0 Å². The Bertz CT molecular complexity index is 623. The molecule has 4 nitrogen and oxygen atoms in total. The van der Waals surface area contributed by atoms with E-state index < -0.39 is 0 Å². The SMILES string of the molecule is Cc1cc2c(N3CC4CNCC4C3C)ncnc2s1. The molecule has 0 aliphatic carbocycles. The molecule has 2 aromatic rings. The van der Waals surface area contributed by atoms with E-state index in [1.807, 2.05) is 0 Å². The molecule has 0 spiro atoms. The van der Waals surface area contributed by atoms with Gasteiger partial charge in [0.15, 0.2) is 0 Å². The molecule has 5 heteroatoms. The molecule has 4 heterocycles. The van der Waals surface area contributed by atoms with E-state index in [9.17, 15) is 0 Å². The Hall–Kier alpha value is -1.20. The molecule has 19 heavy (non-hydrogen) atoms. The van der Waals surface area contributed by atoms with Gasteiger partial charge in [0.05, 0.1) is 5.39 Å². The van der Waals surface area contributed by atoms with Crippen molar-refractivity contribution in [2.24, 2.45) is 11.8 Å². The summed E-state index contributed by atoms with van der Waals surface area (Å²) in [6, 6.07) is 2.80. The number of aromatic nitrogens is 2. The van der Waals surface area contributed by atoms with E-state index in [1.165, 1.54) is 10.3 Å². The third-order valence-electron chi connectivity index (χ3n) is 4.64. The fourth-order valence-corrected chi connectivity index (χ4v) is 4.48. The van der Waals surface area contributed by atoms with Crippen LogP contribution in [0.5, 0.6) is 0 Å². The van der Waals surface area contributed by atoms with Crippen molar-refractivity contribution in [3.8, 4) is 0 Å². The van der Waals surface area contributed by atoms with Crippen molar-refractivity contribution >= 4 is 27.4 Å². The average Bonchev–Trinajstić information content (AvgIpc) is 3.04. The number of nitrogens with zero attached hydrogens (tertiary/aromatic N) is 3. The summed E-state index contributed by atoms with van der Waals surface area (Å²) in [4.78, 5) is 13.9. The van der Waals surface area contributed by atoms with Gasteiger partial charge in [-0.3, -0.25) is 0 Å². The zero-order chi connectivity index (χ0) is 13.0. The van der Waals surface area contributed by atoms with Crippen molar-refractivity contribution in [3.05, 3.63) is 17.3 Å². The minimum absolute atomic E-state index is 0.568. The van der Waals surface area contributed by atoms with Gasteiger partial charge in [-0.05, 0) is 31.7 Å². The molecule has 4 rings (SSSR count). The van der Waals surface area contributed by atoms with Crippen LogP contribution in [-0.4, -0.2) is 35.6 Å². The van der Waals surface area contributed by atoms with E-state index in [1.54, 1.807) is 17.7 Å². The van der Waals surface area contributed by atoms with Crippen molar-refractivity contribution in [2.75, 3.05) is 24.5 Å². The zero-order valence-electron chi connectivity index (χ0n) is 11.3. The maximum atomic E-state index is 4.58. The van der Waals surface area contributed by atoms with Gasteiger partial charge >= 0.3 is 0 Å². The fourth-order valence-electron chi connectivity index (χ4n) is 3.64. The Morgan fingerprint density at radius 1 is 1.37 bits per heavy atom. The average molecular weight is 274 g/mol. The predicted molar refractivity (Wildman–Crippen MR) is 78.8 cm³/mol. The smallest absolute Gasteiger partial charge is 0.141 e. The van der Waals surface area contributed by atoms with E-state index >= 15 is 0 Å². The van der Waals surface area contributed by atoms with Gasteiger partial charge < -0.3 is 10.2 Å². The summed E-state index contributed by atoms with van der Waals surface area (Å²) < 4.78 is 0. The van der Waals surface area contributed by atoms with Crippen molar-refractivity contribution < 1.29 is 0 Å². The molecule has 0 aromatic carbocycles. The second kappa shape index (κ2) is 4.15. The van der Waals surface area contributed by atoms with Crippen LogP contribution in [0, 0.1) is 18.8 Å². The maximum Gasteiger partial charge on any atom is 0.141 e. The molecule has 2 aromatic heterocycles. The summed E-state index contributed by atoms with van der Waals surface area (Å²) in [7, 11) is 0. The predicted octanol–water partition coefficient (Wildman–Crippen LogP) is 2.04. The van der Waals surface area contributed by atoms with Gasteiger partial charge in [-0.2, -0.15) is 0 Å². The lowest BCUT2D eigenvalue weighted by Gasteiger charge is -2.25. The second-order valence-corrected chi connectivity index (χ2v) is 6.98. The van der Waals surface area contributed by atoms with Crippen LogP contribution in [0.4, 0.5) is 5.82 Å². The van der Waals surface area contributed by atoms with Crippen molar-refractivity contribution in [3.63, 3.8) is 0 Å². The quantitative estimate of drug-likeness (QED) is 0.864. The molecular formula is C14H18N4S. The van der Waals surface area contributed by atoms with Crippen LogP contribution in [0.2, 0.25) is 0 Å². The van der Waals surface area contributed by atoms with Gasteiger partial charge in [-0.1, -0.05) is 0 Å². The molecule has 3 unspecified atom stereocenters. The number of anilines is 1. The molecule has 0 radical (unpaired) electrons. The van der Waals surface area contributed by atoms with Crippen LogP contribution >= 0.6 is 11.3 Å². The van der Waals surface area contributed by atoms with Gasteiger partial charge in [-0.15, -0.1) is 11.3 Å². The van der Waals surface area contributed by atoms with Crippen LogP contribution in [0.1, 0.15) is 11.8 Å². The summed E-state index contributed by atoms with van der Waals surface area (Å²) in [5.41, 5.74) is 0. The molecule has 2 aliphatic heterocycles. The van der Waals surface area contributed by atoms with Crippen LogP contribution in [0.3, 0.4) is 0 Å². The molecule has 1 N–H and O–H groups in total. The third kappa shape index (κ3) is 1.68. The topological polar surface area (TPSA) is 41.0 Å². The Labute approximate surface area is 116 Å². The molecule has 2 fully saturated rings. The van der Waals surface area contributed by atoms with Gasteiger partial charge in [-0.25, -0.2) is 9.97 Å². The van der Waals surface area contributed by atoms with Crippen molar-refractivity contribution in [1.29, 1.82) is 0 Å². The highest BCUT2D eigenvalue weighted by atomic mass is 32.1. The number of aryl methyl sites for hydroxylation is 1. The van der Waals surface area contributed by atoms with Gasteiger partial charge in [0.1, 0.15) is 17.0 Å². The number of rotatable bonds is 1. The first-order valence-electron chi connectivity index (χ1n) is 6.92. The van der Waals surface area contributed by atoms with Crippen molar-refractivity contribution in [2.45, 2.75) is 19.9 Å². The number of hydrogen-bond acceptors (Lipinski definition) is 5. The first-order chi connectivity index (χ1) is 9.24. The van der Waals surface area contributed by atoms with Gasteiger partial charge in [0.25, 0.3) is 0 Å². The summed E-state index contributed by atoms with van der Waals surface area (Å²) in [6.45, 7) is 7.91. The molecule has 0 bridgehead atoms. The first-order valence-corrected chi connectivity index (χ1v) is 7.74. The second-order valence-electron chi connectivity index (χ2n) is 5.75. The van der Waals surface area contributed by atoms with Gasteiger partial charge in [0.2, 0.25) is 0 Å².